The first-order valence-electron chi connectivity index (χ1n) is 3.55. The van der Waals surface area contributed by atoms with Crippen LogP contribution in [0.2, 0.25) is 0 Å². The molecule has 0 bridgehead atoms. The fourth-order valence-electron chi connectivity index (χ4n) is 1.15. The van der Waals surface area contributed by atoms with Crippen LogP contribution in [0.15, 0.2) is 34.2 Å². The number of para-hydroxylation sites is 1. The summed E-state index contributed by atoms with van der Waals surface area (Å²) in [5.41, 5.74) is 8.17. The molecule has 0 aliphatic carbocycles. The van der Waals surface area contributed by atoms with Crippen molar-refractivity contribution >= 4 is 27.3 Å². The van der Waals surface area contributed by atoms with Gasteiger partial charge in [0.15, 0.2) is 0 Å². The van der Waals surface area contributed by atoms with E-state index in [-0.39, 0.29) is 5.17 Å². The molecule has 1 aromatic carbocycles. The van der Waals surface area contributed by atoms with Gasteiger partial charge in [-0.2, -0.15) is 0 Å². The van der Waals surface area contributed by atoms with E-state index in [4.69, 9.17) is 11.1 Å². The molecule has 2 rings (SSSR count). The molecule has 62 valence electrons. The fraction of sp³-hybridized carbons (Fsp3) is 0. The maximum Gasteiger partial charge on any atom is 0.139 e. The minimum Gasteiger partial charge on any atom is -0.380 e. The Morgan fingerprint density at radius 1 is 1.42 bits per heavy atom. The van der Waals surface area contributed by atoms with E-state index in [2.05, 4.69) is 4.99 Å². The SMILES string of the molecule is N=C(N)[SH]1C=Nc2ccccc21. The van der Waals surface area contributed by atoms with Gasteiger partial charge in [-0.15, -0.1) is 10.9 Å². The summed E-state index contributed by atoms with van der Waals surface area (Å²) < 4.78 is 0. The van der Waals surface area contributed by atoms with Crippen LogP contribution < -0.4 is 5.73 Å². The number of nitrogens with two attached hydrogens (primary N) is 1. The lowest BCUT2D eigenvalue weighted by molar-refractivity contribution is 1.40. The Labute approximate surface area is 73.2 Å². The molecule has 0 aromatic heterocycles. The molecule has 1 aliphatic rings. The Kier molecular flexibility index (Phi) is 1.62. The summed E-state index contributed by atoms with van der Waals surface area (Å²) in [6.45, 7) is 0. The van der Waals surface area contributed by atoms with Crippen LogP contribution in [0.4, 0.5) is 5.69 Å². The zero-order valence-electron chi connectivity index (χ0n) is 6.36. The summed E-state index contributed by atoms with van der Waals surface area (Å²) in [5, 5.41) is 7.56. The molecule has 0 saturated carbocycles. The van der Waals surface area contributed by atoms with Crippen molar-refractivity contribution in [3.05, 3.63) is 24.3 Å². The number of rotatable bonds is 0. The average Bonchev–Trinajstić information content (AvgIpc) is 2.47. The maximum absolute atomic E-state index is 7.34. The molecule has 1 aliphatic heterocycles. The van der Waals surface area contributed by atoms with Crippen LogP contribution in [0.5, 0.6) is 0 Å². The first kappa shape index (κ1) is 7.36. The third kappa shape index (κ3) is 1.00. The van der Waals surface area contributed by atoms with Crippen molar-refractivity contribution in [1.82, 2.24) is 0 Å². The van der Waals surface area contributed by atoms with E-state index in [9.17, 15) is 0 Å². The largest absolute Gasteiger partial charge is 0.380 e. The number of hydrogen-bond acceptors (Lipinski definition) is 2. The summed E-state index contributed by atoms with van der Waals surface area (Å²) in [7, 11) is -0.751. The van der Waals surface area contributed by atoms with Gasteiger partial charge in [0, 0.05) is 4.90 Å². The first-order chi connectivity index (χ1) is 5.79. The average molecular weight is 179 g/mol. The summed E-state index contributed by atoms with van der Waals surface area (Å²) in [6.07, 6.45) is 0. The molecule has 1 heterocycles. The van der Waals surface area contributed by atoms with Crippen LogP contribution in [-0.4, -0.2) is 10.7 Å². The molecular formula is C8H9N3S. The highest BCUT2D eigenvalue weighted by Crippen LogP contribution is 2.44. The van der Waals surface area contributed by atoms with E-state index in [1.165, 1.54) is 0 Å². The maximum atomic E-state index is 7.34. The van der Waals surface area contributed by atoms with Gasteiger partial charge in [0.25, 0.3) is 0 Å². The van der Waals surface area contributed by atoms with Crippen molar-refractivity contribution in [1.29, 1.82) is 5.41 Å². The highest BCUT2D eigenvalue weighted by Gasteiger charge is 2.16. The second-order valence-electron chi connectivity index (χ2n) is 2.49. The molecule has 0 fully saturated rings. The van der Waals surface area contributed by atoms with Gasteiger partial charge >= 0.3 is 0 Å². The lowest BCUT2D eigenvalue weighted by Crippen LogP contribution is -2.09. The number of benzene rings is 1. The summed E-state index contributed by atoms with van der Waals surface area (Å²) in [6, 6.07) is 7.81. The quantitative estimate of drug-likeness (QED) is 0.316. The predicted molar refractivity (Wildman–Crippen MR) is 53.8 cm³/mol. The van der Waals surface area contributed by atoms with Gasteiger partial charge in [0.2, 0.25) is 0 Å². The van der Waals surface area contributed by atoms with Crippen molar-refractivity contribution in [3.63, 3.8) is 0 Å². The number of fused-ring (bicyclic) bond motifs is 1. The van der Waals surface area contributed by atoms with E-state index in [1.807, 2.05) is 24.3 Å². The van der Waals surface area contributed by atoms with Gasteiger partial charge in [-0.1, -0.05) is 12.1 Å². The van der Waals surface area contributed by atoms with Crippen LogP contribution in [0.1, 0.15) is 0 Å². The molecule has 0 saturated heterocycles. The van der Waals surface area contributed by atoms with Crippen LogP contribution in [-0.2, 0) is 0 Å². The Hall–Kier alpha value is -1.29. The molecule has 0 spiro atoms. The number of aliphatic imine (C=N–C) groups is 1. The zero-order valence-corrected chi connectivity index (χ0v) is 7.25. The molecule has 0 amide bonds. The van der Waals surface area contributed by atoms with Crippen molar-refractivity contribution in [2.75, 3.05) is 0 Å². The van der Waals surface area contributed by atoms with E-state index >= 15 is 0 Å². The van der Waals surface area contributed by atoms with Crippen LogP contribution >= 0.6 is 10.9 Å². The van der Waals surface area contributed by atoms with E-state index in [0.717, 1.165) is 10.6 Å². The standard InChI is InChI=1S/C8H9N3S/c9-8(10)12-5-11-6-3-1-2-4-7(6)12/h1-5,12H,(H3,9,10). The number of nitrogens with zero attached hydrogens (tertiary/aromatic N) is 1. The number of amidine groups is 1. The van der Waals surface area contributed by atoms with Gasteiger partial charge in [-0.3, -0.25) is 5.41 Å². The Morgan fingerprint density at radius 2 is 2.17 bits per heavy atom. The molecule has 3 N–H and O–H groups in total. The first-order valence-corrected chi connectivity index (χ1v) is 4.96. The monoisotopic (exact) mass is 179 g/mol. The lowest BCUT2D eigenvalue weighted by atomic mass is 10.3. The van der Waals surface area contributed by atoms with Crippen LogP contribution in [0.25, 0.3) is 0 Å². The van der Waals surface area contributed by atoms with Crippen LogP contribution in [0.3, 0.4) is 0 Å². The number of thiol groups is 1. The minimum atomic E-state index is -0.751. The molecule has 12 heavy (non-hydrogen) atoms. The highest BCUT2D eigenvalue weighted by atomic mass is 32.2. The van der Waals surface area contributed by atoms with E-state index < -0.39 is 10.9 Å². The van der Waals surface area contributed by atoms with Gasteiger partial charge in [-0.05, 0) is 12.1 Å². The zero-order chi connectivity index (χ0) is 8.55. The van der Waals surface area contributed by atoms with Crippen molar-refractivity contribution in [2.24, 2.45) is 10.7 Å². The molecule has 1 unspecified atom stereocenters. The number of hydrogen-bond donors (Lipinski definition) is 3. The van der Waals surface area contributed by atoms with Crippen molar-refractivity contribution in [2.45, 2.75) is 4.90 Å². The molecule has 0 radical (unpaired) electrons. The Balaban J connectivity index is 2.49. The third-order valence-corrected chi connectivity index (χ3v) is 3.48. The van der Waals surface area contributed by atoms with Crippen molar-refractivity contribution < 1.29 is 0 Å². The van der Waals surface area contributed by atoms with Gasteiger partial charge in [-0.25, -0.2) is 4.99 Å². The lowest BCUT2D eigenvalue weighted by Gasteiger charge is -2.09. The van der Waals surface area contributed by atoms with Crippen LogP contribution in [0, 0.1) is 5.41 Å². The number of nitrogens with one attached hydrogen (secondary N) is 1. The van der Waals surface area contributed by atoms with Gasteiger partial charge in [0.1, 0.15) is 5.17 Å². The summed E-state index contributed by atoms with van der Waals surface area (Å²) in [5.74, 6) is 0. The van der Waals surface area contributed by atoms with E-state index in [1.54, 1.807) is 5.55 Å². The molecule has 1 atom stereocenters. The van der Waals surface area contributed by atoms with E-state index in [0.29, 0.717) is 0 Å². The second kappa shape index (κ2) is 2.64. The second-order valence-corrected chi connectivity index (χ2v) is 4.42. The Morgan fingerprint density at radius 3 is 2.92 bits per heavy atom. The third-order valence-electron chi connectivity index (χ3n) is 1.71. The molecule has 4 heteroatoms. The van der Waals surface area contributed by atoms with Gasteiger partial charge in [0.05, 0.1) is 11.2 Å². The van der Waals surface area contributed by atoms with Crippen molar-refractivity contribution in [3.8, 4) is 0 Å². The fourth-order valence-corrected chi connectivity index (χ4v) is 2.53. The van der Waals surface area contributed by atoms with Gasteiger partial charge < -0.3 is 5.73 Å². The summed E-state index contributed by atoms with van der Waals surface area (Å²) >= 11 is 0. The predicted octanol–water partition coefficient (Wildman–Crippen LogP) is 1.61. The smallest absolute Gasteiger partial charge is 0.139 e. The summed E-state index contributed by atoms with van der Waals surface area (Å²) in [4.78, 5) is 5.28. The highest BCUT2D eigenvalue weighted by molar-refractivity contribution is 8.40. The molecule has 1 aromatic rings. The Bertz CT molecular complexity index is 359. The molecular weight excluding hydrogens is 170 g/mol. The topological polar surface area (TPSA) is 62.2 Å². The minimum absolute atomic E-state index is 0.221. The normalized spacial score (nSPS) is 22.2. The molecule has 3 nitrogen and oxygen atoms in total.